The van der Waals surface area contributed by atoms with E-state index in [1.54, 1.807) is 13.0 Å². The second-order valence-corrected chi connectivity index (χ2v) is 9.63. The van der Waals surface area contributed by atoms with Gasteiger partial charge in [-0.25, -0.2) is 9.59 Å². The number of benzene rings is 2. The lowest BCUT2D eigenvalue weighted by atomic mass is 9.77. The van der Waals surface area contributed by atoms with E-state index in [0.29, 0.717) is 23.0 Å². The number of hydrogen-bond acceptors (Lipinski definition) is 3. The first-order valence-corrected chi connectivity index (χ1v) is 11.7. The van der Waals surface area contributed by atoms with Crippen LogP contribution in [0.2, 0.25) is 0 Å². The average molecular weight is 550 g/mol. The highest BCUT2D eigenvalue weighted by Gasteiger charge is 2.24. The van der Waals surface area contributed by atoms with E-state index in [1.807, 2.05) is 13.0 Å². The molecular formula is C26H31IO5. The number of halogens is 1. The van der Waals surface area contributed by atoms with E-state index in [4.69, 9.17) is 10.2 Å². The monoisotopic (exact) mass is 550 g/mol. The molecule has 0 unspecified atom stereocenters. The van der Waals surface area contributed by atoms with E-state index < -0.39 is 11.9 Å². The second-order valence-electron chi connectivity index (χ2n) is 8.47. The number of rotatable bonds is 5. The first-order valence-electron chi connectivity index (χ1n) is 10.6. The number of hydrogen-bond donors (Lipinski definition) is 2. The third kappa shape index (κ3) is 5.57. The van der Waals surface area contributed by atoms with Crippen molar-refractivity contribution in [1.29, 1.82) is 0 Å². The molecule has 2 aliphatic carbocycles. The van der Waals surface area contributed by atoms with Gasteiger partial charge >= 0.3 is 11.9 Å². The maximum Gasteiger partial charge on any atom is 0.335 e. The molecule has 0 spiro atoms. The first-order chi connectivity index (χ1) is 14.7. The van der Waals surface area contributed by atoms with Crippen LogP contribution in [0.3, 0.4) is 0 Å². The number of aromatic carboxylic acids is 2. The standard InChI is InChI=1S/C13H14O3.C12H13IO2.CH4/c1-8-5-12(9-3-2-4-9)10(7-14)6-11(8)13(15)16;1-7-5-10(8-3-2-4-8)11(13)6-9(7)12(14)15;/h5-7,9H,2-4H2,1H3,(H,15,16);5-6,8H,2-4H2,1H3,(H,14,15);1H4. The van der Waals surface area contributed by atoms with Gasteiger partial charge in [0.1, 0.15) is 6.29 Å². The predicted octanol–water partition coefficient (Wildman–Crippen LogP) is 6.97. The van der Waals surface area contributed by atoms with E-state index >= 15 is 0 Å². The molecule has 6 heteroatoms. The summed E-state index contributed by atoms with van der Waals surface area (Å²) in [7, 11) is 0. The zero-order chi connectivity index (χ0) is 22.7. The number of carbonyl (C=O) groups excluding carboxylic acids is 1. The van der Waals surface area contributed by atoms with Crippen LogP contribution in [0.4, 0.5) is 0 Å². The molecule has 172 valence electrons. The second kappa shape index (κ2) is 11.1. The quantitative estimate of drug-likeness (QED) is 0.310. The predicted molar refractivity (Wildman–Crippen MR) is 134 cm³/mol. The molecule has 0 radical (unpaired) electrons. The fourth-order valence-corrected chi connectivity index (χ4v) is 5.03. The Bertz CT molecular complexity index is 1020. The Morgan fingerprint density at radius 1 is 0.844 bits per heavy atom. The van der Waals surface area contributed by atoms with Gasteiger partial charge in [-0.2, -0.15) is 0 Å². The van der Waals surface area contributed by atoms with Crippen LogP contribution in [0.25, 0.3) is 0 Å². The van der Waals surface area contributed by atoms with Gasteiger partial charge in [0.15, 0.2) is 0 Å². The molecule has 2 aromatic rings. The lowest BCUT2D eigenvalue weighted by Crippen LogP contribution is -2.13. The highest BCUT2D eigenvalue weighted by atomic mass is 127. The van der Waals surface area contributed by atoms with Crippen molar-refractivity contribution in [1.82, 2.24) is 0 Å². The number of aldehydes is 1. The molecule has 32 heavy (non-hydrogen) atoms. The molecule has 0 saturated heterocycles. The lowest BCUT2D eigenvalue weighted by Gasteiger charge is -2.27. The molecule has 0 atom stereocenters. The van der Waals surface area contributed by atoms with Gasteiger partial charge in [0, 0.05) is 9.13 Å². The third-order valence-corrected chi connectivity index (χ3v) is 7.39. The normalized spacial score (nSPS) is 15.3. The third-order valence-electron chi connectivity index (χ3n) is 6.45. The molecule has 2 fully saturated rings. The summed E-state index contributed by atoms with van der Waals surface area (Å²) in [5.41, 5.74) is 5.17. The van der Waals surface area contributed by atoms with Crippen LogP contribution in [0.1, 0.15) is 111 Å². The van der Waals surface area contributed by atoms with Gasteiger partial charge in [-0.3, -0.25) is 4.79 Å². The molecule has 2 N–H and O–H groups in total. The van der Waals surface area contributed by atoms with Crippen molar-refractivity contribution in [2.75, 3.05) is 0 Å². The van der Waals surface area contributed by atoms with E-state index in [9.17, 15) is 14.4 Å². The number of carboxylic acid groups (broad SMARTS) is 2. The number of carboxylic acids is 2. The molecule has 2 saturated carbocycles. The molecular weight excluding hydrogens is 519 g/mol. The zero-order valence-corrected chi connectivity index (χ0v) is 19.9. The summed E-state index contributed by atoms with van der Waals surface area (Å²) in [4.78, 5) is 32.8. The van der Waals surface area contributed by atoms with E-state index in [2.05, 4.69) is 28.7 Å². The van der Waals surface area contributed by atoms with Crippen LogP contribution in [0, 0.1) is 17.4 Å². The largest absolute Gasteiger partial charge is 0.478 e. The Kier molecular flexibility index (Phi) is 9.01. The van der Waals surface area contributed by atoms with Crippen LogP contribution in [0.5, 0.6) is 0 Å². The van der Waals surface area contributed by atoms with Crippen LogP contribution in [-0.2, 0) is 0 Å². The first kappa shape index (κ1) is 26.0. The Morgan fingerprint density at radius 2 is 1.28 bits per heavy atom. The molecule has 0 amide bonds. The summed E-state index contributed by atoms with van der Waals surface area (Å²) in [5, 5.41) is 18.0. The van der Waals surface area contributed by atoms with Crippen molar-refractivity contribution < 1.29 is 24.6 Å². The van der Waals surface area contributed by atoms with Gasteiger partial charge in [-0.15, -0.1) is 0 Å². The number of aryl methyl sites for hydroxylation is 2. The summed E-state index contributed by atoms with van der Waals surface area (Å²) in [6.45, 7) is 3.65. The fourth-order valence-electron chi connectivity index (χ4n) is 4.12. The Hall–Kier alpha value is -2.22. The van der Waals surface area contributed by atoms with Crippen molar-refractivity contribution in [2.24, 2.45) is 0 Å². The maximum atomic E-state index is 11.0. The summed E-state index contributed by atoms with van der Waals surface area (Å²) in [5.74, 6) is -0.688. The van der Waals surface area contributed by atoms with Crippen molar-refractivity contribution >= 4 is 40.8 Å². The summed E-state index contributed by atoms with van der Waals surface area (Å²) in [6, 6.07) is 7.20. The van der Waals surface area contributed by atoms with Gasteiger partial charge in [-0.1, -0.05) is 32.4 Å². The van der Waals surface area contributed by atoms with Crippen molar-refractivity contribution in [2.45, 2.75) is 71.6 Å². The van der Waals surface area contributed by atoms with Crippen molar-refractivity contribution in [3.05, 3.63) is 66.8 Å². The van der Waals surface area contributed by atoms with Gasteiger partial charge in [0.05, 0.1) is 11.1 Å². The molecule has 4 rings (SSSR count). The molecule has 0 bridgehead atoms. The van der Waals surface area contributed by atoms with Gasteiger partial charge in [0.2, 0.25) is 0 Å². The lowest BCUT2D eigenvalue weighted by molar-refractivity contribution is 0.0685. The van der Waals surface area contributed by atoms with Crippen molar-refractivity contribution in [3.8, 4) is 0 Å². The topological polar surface area (TPSA) is 91.7 Å². The molecule has 2 aromatic carbocycles. The summed E-state index contributed by atoms with van der Waals surface area (Å²) >= 11 is 2.25. The molecule has 5 nitrogen and oxygen atoms in total. The zero-order valence-electron chi connectivity index (χ0n) is 17.8. The summed E-state index contributed by atoms with van der Waals surface area (Å²) in [6.07, 6.45) is 7.98. The summed E-state index contributed by atoms with van der Waals surface area (Å²) < 4.78 is 1.10. The maximum absolute atomic E-state index is 11.0. The average Bonchev–Trinajstić information content (AvgIpc) is 2.62. The van der Waals surface area contributed by atoms with Gasteiger partial charge < -0.3 is 10.2 Å². The Balaban J connectivity index is 0.000000220. The highest BCUT2D eigenvalue weighted by Crippen LogP contribution is 2.40. The highest BCUT2D eigenvalue weighted by molar-refractivity contribution is 14.1. The minimum atomic E-state index is -0.972. The smallest absolute Gasteiger partial charge is 0.335 e. The Morgan fingerprint density at radius 3 is 1.69 bits per heavy atom. The van der Waals surface area contributed by atoms with Crippen molar-refractivity contribution in [3.63, 3.8) is 0 Å². The van der Waals surface area contributed by atoms with E-state index in [-0.39, 0.29) is 13.0 Å². The fraction of sp³-hybridized carbons (Fsp3) is 0.423. The van der Waals surface area contributed by atoms with Crippen LogP contribution >= 0.6 is 22.6 Å². The minimum absolute atomic E-state index is 0. The SMILES string of the molecule is C.Cc1cc(C2CCC2)c(C=O)cc1C(=O)O.Cc1cc(C2CCC2)c(I)cc1C(=O)O. The van der Waals surface area contributed by atoms with E-state index in [1.165, 1.54) is 37.3 Å². The molecule has 0 aromatic heterocycles. The van der Waals surface area contributed by atoms with Gasteiger partial charge in [-0.05, 0) is 108 Å². The molecule has 0 aliphatic heterocycles. The van der Waals surface area contributed by atoms with Crippen LogP contribution in [0.15, 0.2) is 24.3 Å². The number of carbonyl (C=O) groups is 3. The Labute approximate surface area is 203 Å². The van der Waals surface area contributed by atoms with Crippen LogP contribution < -0.4 is 0 Å². The van der Waals surface area contributed by atoms with Gasteiger partial charge in [0.25, 0.3) is 0 Å². The molecule has 0 heterocycles. The van der Waals surface area contributed by atoms with Crippen LogP contribution in [-0.4, -0.2) is 28.4 Å². The van der Waals surface area contributed by atoms with E-state index in [0.717, 1.165) is 39.4 Å². The molecule has 2 aliphatic rings. The minimum Gasteiger partial charge on any atom is -0.478 e.